The molecule has 1 heterocycles. The van der Waals surface area contributed by atoms with E-state index in [4.69, 9.17) is 5.73 Å². The number of ether oxygens (including phenoxy) is 1. The van der Waals surface area contributed by atoms with Crippen LogP contribution in [0.2, 0.25) is 0 Å². The topological polar surface area (TPSA) is 65.2 Å². The zero-order valence-corrected chi connectivity index (χ0v) is 7.40. The molecule has 0 amide bonds. The van der Waals surface area contributed by atoms with Gasteiger partial charge in [-0.3, -0.25) is 0 Å². The molecule has 0 aliphatic carbocycles. The van der Waals surface area contributed by atoms with Crippen LogP contribution in [0.15, 0.2) is 6.20 Å². The van der Waals surface area contributed by atoms with Crippen molar-refractivity contribution in [2.24, 2.45) is 0 Å². The smallest absolute Gasteiger partial charge is 0.382 e. The number of esters is 1. The van der Waals surface area contributed by atoms with Gasteiger partial charge < -0.3 is 10.5 Å². The van der Waals surface area contributed by atoms with E-state index < -0.39 is 16.8 Å². The van der Waals surface area contributed by atoms with Crippen molar-refractivity contribution in [1.82, 2.24) is 4.98 Å². The molecule has 0 bridgehead atoms. The van der Waals surface area contributed by atoms with Gasteiger partial charge in [0.15, 0.2) is 5.13 Å². The average Bonchev–Trinajstić information content (AvgIpc) is 2.50. The molecule has 0 aromatic carbocycles. The second-order valence-electron chi connectivity index (χ2n) is 2.13. The minimum absolute atomic E-state index is 0.0152. The van der Waals surface area contributed by atoms with Gasteiger partial charge in [0.05, 0.1) is 13.3 Å². The van der Waals surface area contributed by atoms with Crippen molar-refractivity contribution in [3.8, 4) is 0 Å². The fourth-order valence-electron chi connectivity index (χ4n) is 0.662. The molecule has 0 fully saturated rings. The molecule has 0 radical (unpaired) electrons. The third-order valence-electron chi connectivity index (χ3n) is 1.27. The van der Waals surface area contributed by atoms with E-state index in [1.807, 2.05) is 0 Å². The Labute approximate surface area is 76.3 Å². The van der Waals surface area contributed by atoms with E-state index in [-0.39, 0.29) is 5.13 Å². The van der Waals surface area contributed by atoms with Gasteiger partial charge in [-0.05, 0) is 0 Å². The molecule has 1 aromatic rings. The summed E-state index contributed by atoms with van der Waals surface area (Å²) in [6.45, 7) is 0. The number of methoxy groups -OCH3 is 1. The maximum absolute atomic E-state index is 13.0. The van der Waals surface area contributed by atoms with E-state index in [1.54, 1.807) is 0 Å². The van der Waals surface area contributed by atoms with Crippen LogP contribution in [-0.4, -0.2) is 18.1 Å². The summed E-state index contributed by atoms with van der Waals surface area (Å²) >= 11 is 0.554. The van der Waals surface area contributed by atoms with E-state index in [1.165, 1.54) is 0 Å². The van der Waals surface area contributed by atoms with Crippen molar-refractivity contribution in [2.45, 2.75) is 5.92 Å². The summed E-state index contributed by atoms with van der Waals surface area (Å²) in [5.41, 5.74) is 5.14. The summed E-state index contributed by atoms with van der Waals surface area (Å²) in [5, 5.41) is -0.0152. The van der Waals surface area contributed by atoms with E-state index in [0.29, 0.717) is 11.3 Å². The summed E-state index contributed by atoms with van der Waals surface area (Å²) in [6.07, 6.45) is 0.858. The molecule has 0 atom stereocenters. The number of hydrogen-bond donors (Lipinski definition) is 1. The van der Waals surface area contributed by atoms with Gasteiger partial charge in [-0.2, -0.15) is 8.78 Å². The van der Waals surface area contributed by atoms with Gasteiger partial charge in [-0.25, -0.2) is 9.78 Å². The lowest BCUT2D eigenvalue weighted by Crippen LogP contribution is -2.26. The van der Waals surface area contributed by atoms with Crippen LogP contribution >= 0.6 is 11.3 Å². The second kappa shape index (κ2) is 3.25. The fraction of sp³-hybridized carbons (Fsp3) is 0.333. The Balaban J connectivity index is 2.99. The molecule has 13 heavy (non-hydrogen) atoms. The zero-order valence-electron chi connectivity index (χ0n) is 6.58. The summed E-state index contributed by atoms with van der Waals surface area (Å²) in [6, 6.07) is 0. The molecule has 2 N–H and O–H groups in total. The fourth-order valence-corrected chi connectivity index (χ4v) is 1.31. The number of nitrogens with zero attached hydrogens (tertiary/aromatic N) is 1. The Morgan fingerprint density at radius 1 is 1.77 bits per heavy atom. The Kier molecular flexibility index (Phi) is 2.46. The van der Waals surface area contributed by atoms with Gasteiger partial charge >= 0.3 is 11.9 Å². The molecule has 1 rings (SSSR count). The number of hydrogen-bond acceptors (Lipinski definition) is 5. The Morgan fingerprint density at radius 3 is 2.77 bits per heavy atom. The second-order valence-corrected chi connectivity index (χ2v) is 3.19. The molecule has 0 spiro atoms. The van der Waals surface area contributed by atoms with Crippen molar-refractivity contribution in [1.29, 1.82) is 0 Å². The molecule has 0 aliphatic rings. The third-order valence-corrected chi connectivity index (χ3v) is 2.17. The van der Waals surface area contributed by atoms with Crippen LogP contribution in [0.25, 0.3) is 0 Å². The quantitative estimate of drug-likeness (QED) is 0.736. The van der Waals surface area contributed by atoms with E-state index in [9.17, 15) is 13.6 Å². The number of anilines is 1. The summed E-state index contributed by atoms with van der Waals surface area (Å²) in [7, 11) is 0.890. The molecule has 7 heteroatoms. The molecule has 4 nitrogen and oxygen atoms in total. The van der Waals surface area contributed by atoms with E-state index in [0.717, 1.165) is 13.3 Å². The molecule has 72 valence electrons. The van der Waals surface area contributed by atoms with Gasteiger partial charge in [0.1, 0.15) is 4.88 Å². The normalized spacial score (nSPS) is 11.3. The number of thiazole rings is 1. The SMILES string of the molecule is COC(=O)C(F)(F)c1cnc(N)s1. The number of nitrogens with two attached hydrogens (primary N) is 1. The number of nitrogen functional groups attached to an aromatic ring is 1. The number of rotatable bonds is 2. The van der Waals surface area contributed by atoms with Crippen molar-refractivity contribution >= 4 is 22.4 Å². The zero-order chi connectivity index (χ0) is 10.1. The highest BCUT2D eigenvalue weighted by molar-refractivity contribution is 7.15. The lowest BCUT2D eigenvalue weighted by atomic mass is 10.3. The molecule has 0 saturated heterocycles. The molecule has 0 aliphatic heterocycles. The highest BCUT2D eigenvalue weighted by Crippen LogP contribution is 2.33. The first-order valence-corrected chi connectivity index (χ1v) is 3.98. The number of carbonyl (C=O) groups excluding carboxylic acids is 1. The molecule has 0 unspecified atom stereocenters. The minimum Gasteiger partial charge on any atom is -0.464 e. The third kappa shape index (κ3) is 1.74. The Hall–Kier alpha value is -1.24. The van der Waals surface area contributed by atoms with Crippen LogP contribution in [-0.2, 0) is 15.5 Å². The number of halogens is 2. The van der Waals surface area contributed by atoms with Crippen LogP contribution in [0, 0.1) is 0 Å². The largest absolute Gasteiger partial charge is 0.464 e. The Morgan fingerprint density at radius 2 is 2.38 bits per heavy atom. The van der Waals surface area contributed by atoms with Crippen LogP contribution in [0.1, 0.15) is 4.88 Å². The van der Waals surface area contributed by atoms with Crippen LogP contribution in [0.3, 0.4) is 0 Å². The summed E-state index contributed by atoms with van der Waals surface area (Å²) in [4.78, 5) is 13.5. The van der Waals surface area contributed by atoms with Gasteiger partial charge in [0.25, 0.3) is 0 Å². The number of carbonyl (C=O) groups is 1. The molecule has 0 saturated carbocycles. The van der Waals surface area contributed by atoms with Crippen molar-refractivity contribution in [2.75, 3.05) is 12.8 Å². The van der Waals surface area contributed by atoms with Gasteiger partial charge in [-0.15, -0.1) is 0 Å². The average molecular weight is 208 g/mol. The first-order chi connectivity index (χ1) is 5.98. The maximum atomic E-state index is 13.0. The highest BCUT2D eigenvalue weighted by atomic mass is 32.1. The van der Waals surface area contributed by atoms with Crippen LogP contribution in [0.5, 0.6) is 0 Å². The van der Waals surface area contributed by atoms with Gasteiger partial charge in [0.2, 0.25) is 0 Å². The van der Waals surface area contributed by atoms with Gasteiger partial charge in [-0.1, -0.05) is 11.3 Å². The van der Waals surface area contributed by atoms with Crippen molar-refractivity contribution in [3.63, 3.8) is 0 Å². The molecule has 1 aromatic heterocycles. The number of alkyl halides is 2. The maximum Gasteiger partial charge on any atom is 0.382 e. The predicted molar refractivity (Wildman–Crippen MR) is 42.4 cm³/mol. The lowest BCUT2D eigenvalue weighted by molar-refractivity contribution is -0.169. The van der Waals surface area contributed by atoms with E-state index in [2.05, 4.69) is 9.72 Å². The Bertz CT molecular complexity index is 326. The summed E-state index contributed by atoms with van der Waals surface area (Å²) < 4.78 is 29.9. The standard InChI is InChI=1S/C6H6F2N2O2S/c1-12-4(11)6(7,8)3-2-10-5(9)13-3/h2H,1H3,(H2,9,10). The number of aromatic nitrogens is 1. The molecular weight excluding hydrogens is 202 g/mol. The van der Waals surface area contributed by atoms with Crippen LogP contribution < -0.4 is 5.73 Å². The first-order valence-electron chi connectivity index (χ1n) is 3.16. The van der Waals surface area contributed by atoms with Crippen molar-refractivity contribution < 1.29 is 18.3 Å². The van der Waals surface area contributed by atoms with Crippen LogP contribution in [0.4, 0.5) is 13.9 Å². The summed E-state index contributed by atoms with van der Waals surface area (Å²) in [5.74, 6) is -5.28. The highest BCUT2D eigenvalue weighted by Gasteiger charge is 2.44. The first kappa shape index (κ1) is 9.85. The lowest BCUT2D eigenvalue weighted by Gasteiger charge is -2.09. The van der Waals surface area contributed by atoms with Crippen molar-refractivity contribution in [3.05, 3.63) is 11.1 Å². The van der Waals surface area contributed by atoms with E-state index >= 15 is 0 Å². The van der Waals surface area contributed by atoms with Gasteiger partial charge in [0, 0.05) is 0 Å². The monoisotopic (exact) mass is 208 g/mol. The minimum atomic E-state index is -3.66. The molecular formula is C6H6F2N2O2S. The predicted octanol–water partition coefficient (Wildman–Crippen LogP) is 0.990.